The van der Waals surface area contributed by atoms with Gasteiger partial charge in [0.2, 0.25) is 5.89 Å². The first-order valence-corrected chi connectivity index (χ1v) is 7.12. The van der Waals surface area contributed by atoms with E-state index in [-0.39, 0.29) is 23.7 Å². The number of carbonyl (C=O) groups is 1. The number of nitrogens with zero attached hydrogens (tertiary/aromatic N) is 2. The molecule has 6 heteroatoms. The van der Waals surface area contributed by atoms with E-state index >= 15 is 0 Å². The average Bonchev–Trinajstić information content (AvgIpc) is 2.83. The second kappa shape index (κ2) is 4.03. The van der Waals surface area contributed by atoms with Crippen molar-refractivity contribution in [2.75, 3.05) is 0 Å². The maximum atomic E-state index is 11.8. The standard InChI is InChI=1S/C13H18N4O2/c14-10-7-2-1-6(5-7)9(10)13-16-11(17-19-13)12(18)15-8-3-4-8/h6-10H,1-5,14H2,(H,15,18). The fourth-order valence-corrected chi connectivity index (χ4v) is 3.64. The molecule has 4 unspecified atom stereocenters. The highest BCUT2D eigenvalue weighted by Gasteiger charge is 2.49. The molecule has 3 aliphatic carbocycles. The number of nitrogens with two attached hydrogens (primary N) is 1. The summed E-state index contributed by atoms with van der Waals surface area (Å²) in [6, 6.07) is 0.415. The summed E-state index contributed by atoms with van der Waals surface area (Å²) >= 11 is 0. The van der Waals surface area contributed by atoms with Crippen molar-refractivity contribution < 1.29 is 9.32 Å². The zero-order valence-corrected chi connectivity index (χ0v) is 10.7. The Morgan fingerprint density at radius 2 is 2.05 bits per heavy atom. The summed E-state index contributed by atoms with van der Waals surface area (Å²) in [4.78, 5) is 16.1. The van der Waals surface area contributed by atoms with E-state index in [1.807, 2.05) is 0 Å². The van der Waals surface area contributed by atoms with Crippen LogP contribution in [0.25, 0.3) is 0 Å². The van der Waals surface area contributed by atoms with Crippen LogP contribution >= 0.6 is 0 Å². The van der Waals surface area contributed by atoms with Crippen LogP contribution in [-0.4, -0.2) is 28.1 Å². The quantitative estimate of drug-likeness (QED) is 0.840. The lowest BCUT2D eigenvalue weighted by molar-refractivity contribution is 0.0937. The van der Waals surface area contributed by atoms with Crippen molar-refractivity contribution in [1.29, 1.82) is 0 Å². The van der Waals surface area contributed by atoms with Gasteiger partial charge in [0, 0.05) is 12.1 Å². The molecule has 3 fully saturated rings. The molecule has 3 saturated carbocycles. The third kappa shape index (κ3) is 1.85. The van der Waals surface area contributed by atoms with Crippen LogP contribution in [0.3, 0.4) is 0 Å². The van der Waals surface area contributed by atoms with Gasteiger partial charge in [-0.05, 0) is 43.9 Å². The van der Waals surface area contributed by atoms with Crippen molar-refractivity contribution in [1.82, 2.24) is 15.5 Å². The minimum absolute atomic E-state index is 0.110. The molecule has 4 atom stereocenters. The number of fused-ring (bicyclic) bond motifs is 2. The summed E-state index contributed by atoms with van der Waals surface area (Å²) in [5.74, 6) is 1.77. The van der Waals surface area contributed by atoms with E-state index in [0.717, 1.165) is 19.3 Å². The molecule has 6 nitrogen and oxygen atoms in total. The van der Waals surface area contributed by atoms with Crippen LogP contribution in [0.15, 0.2) is 4.52 Å². The average molecular weight is 262 g/mol. The van der Waals surface area contributed by atoms with Crippen LogP contribution < -0.4 is 11.1 Å². The highest BCUT2D eigenvalue weighted by Crippen LogP contribution is 2.51. The van der Waals surface area contributed by atoms with Gasteiger partial charge in [0.15, 0.2) is 0 Å². The van der Waals surface area contributed by atoms with E-state index < -0.39 is 0 Å². The molecule has 0 aromatic carbocycles. The number of carbonyl (C=O) groups excluding carboxylic acids is 1. The number of amides is 1. The molecule has 3 aliphatic rings. The monoisotopic (exact) mass is 262 g/mol. The molecule has 0 radical (unpaired) electrons. The Balaban J connectivity index is 1.52. The lowest BCUT2D eigenvalue weighted by Crippen LogP contribution is -2.34. The Labute approximate surface area is 111 Å². The first-order valence-electron chi connectivity index (χ1n) is 7.12. The van der Waals surface area contributed by atoms with Gasteiger partial charge in [-0.15, -0.1) is 0 Å². The van der Waals surface area contributed by atoms with Crippen LogP contribution in [0.2, 0.25) is 0 Å². The molecule has 4 rings (SSSR count). The number of nitrogens with one attached hydrogen (secondary N) is 1. The Kier molecular flexibility index (Phi) is 2.42. The lowest BCUT2D eigenvalue weighted by atomic mass is 9.85. The number of rotatable bonds is 3. The number of hydrogen-bond donors (Lipinski definition) is 2. The molecule has 1 aromatic rings. The van der Waals surface area contributed by atoms with Crippen LogP contribution in [0.4, 0.5) is 0 Å². The van der Waals surface area contributed by atoms with Crippen molar-refractivity contribution >= 4 is 5.91 Å². The Morgan fingerprint density at radius 1 is 1.26 bits per heavy atom. The van der Waals surface area contributed by atoms with Gasteiger partial charge < -0.3 is 15.6 Å². The molecule has 102 valence electrons. The molecular formula is C13H18N4O2. The van der Waals surface area contributed by atoms with Crippen LogP contribution in [0, 0.1) is 11.8 Å². The van der Waals surface area contributed by atoms with E-state index in [1.165, 1.54) is 12.8 Å². The third-order valence-corrected chi connectivity index (χ3v) is 4.82. The highest BCUT2D eigenvalue weighted by atomic mass is 16.5. The highest BCUT2D eigenvalue weighted by molar-refractivity contribution is 5.90. The van der Waals surface area contributed by atoms with Gasteiger partial charge in [0.1, 0.15) is 0 Å². The SMILES string of the molecule is NC1C2CCC(C2)C1c1nc(C(=O)NC2CC2)no1. The molecule has 1 amide bonds. The summed E-state index contributed by atoms with van der Waals surface area (Å²) in [6.07, 6.45) is 5.67. The van der Waals surface area contributed by atoms with E-state index in [9.17, 15) is 4.79 Å². The van der Waals surface area contributed by atoms with Gasteiger partial charge in [0.25, 0.3) is 11.7 Å². The topological polar surface area (TPSA) is 94.0 Å². The fraction of sp³-hybridized carbons (Fsp3) is 0.769. The Hall–Kier alpha value is -1.43. The summed E-state index contributed by atoms with van der Waals surface area (Å²) < 4.78 is 5.29. The molecular weight excluding hydrogens is 244 g/mol. The first kappa shape index (κ1) is 11.4. The van der Waals surface area contributed by atoms with E-state index in [4.69, 9.17) is 10.3 Å². The lowest BCUT2D eigenvalue weighted by Gasteiger charge is -2.24. The molecule has 1 heterocycles. The predicted molar refractivity (Wildman–Crippen MR) is 66.3 cm³/mol. The summed E-state index contributed by atoms with van der Waals surface area (Å²) in [7, 11) is 0. The van der Waals surface area contributed by atoms with Gasteiger partial charge in [-0.1, -0.05) is 5.16 Å². The molecule has 19 heavy (non-hydrogen) atoms. The maximum absolute atomic E-state index is 11.8. The van der Waals surface area contributed by atoms with Gasteiger partial charge in [0.05, 0.1) is 5.92 Å². The van der Waals surface area contributed by atoms with Crippen LogP contribution in [0.5, 0.6) is 0 Å². The van der Waals surface area contributed by atoms with Crippen molar-refractivity contribution in [2.45, 2.75) is 50.1 Å². The van der Waals surface area contributed by atoms with E-state index in [1.54, 1.807) is 0 Å². The van der Waals surface area contributed by atoms with Crippen molar-refractivity contribution in [3.8, 4) is 0 Å². The van der Waals surface area contributed by atoms with Crippen molar-refractivity contribution in [2.24, 2.45) is 17.6 Å². The number of aromatic nitrogens is 2. The third-order valence-electron chi connectivity index (χ3n) is 4.82. The summed E-state index contributed by atoms with van der Waals surface area (Å²) in [5, 5.41) is 6.67. The largest absolute Gasteiger partial charge is 0.346 e. The minimum atomic E-state index is -0.228. The summed E-state index contributed by atoms with van der Waals surface area (Å²) in [5.41, 5.74) is 6.24. The number of hydrogen-bond acceptors (Lipinski definition) is 5. The smallest absolute Gasteiger partial charge is 0.292 e. The first-order chi connectivity index (χ1) is 9.22. The fourth-order valence-electron chi connectivity index (χ4n) is 3.64. The van der Waals surface area contributed by atoms with Crippen LogP contribution in [0.1, 0.15) is 54.5 Å². The molecule has 2 bridgehead atoms. The van der Waals surface area contributed by atoms with Crippen molar-refractivity contribution in [3.63, 3.8) is 0 Å². The predicted octanol–water partition coefficient (Wildman–Crippen LogP) is 0.803. The molecule has 0 spiro atoms. The Bertz CT molecular complexity index is 508. The molecule has 1 aromatic heterocycles. The molecule has 0 aliphatic heterocycles. The second-order valence-electron chi connectivity index (χ2n) is 6.14. The summed E-state index contributed by atoms with van der Waals surface area (Å²) in [6.45, 7) is 0. The second-order valence-corrected chi connectivity index (χ2v) is 6.14. The van der Waals surface area contributed by atoms with E-state index in [2.05, 4.69) is 15.5 Å². The molecule has 3 N–H and O–H groups in total. The molecule has 0 saturated heterocycles. The maximum Gasteiger partial charge on any atom is 0.292 e. The minimum Gasteiger partial charge on any atom is -0.346 e. The zero-order valence-electron chi connectivity index (χ0n) is 10.7. The normalized spacial score (nSPS) is 36.7. The van der Waals surface area contributed by atoms with Gasteiger partial charge in [-0.3, -0.25) is 4.79 Å². The Morgan fingerprint density at radius 3 is 2.74 bits per heavy atom. The zero-order chi connectivity index (χ0) is 13.0. The van der Waals surface area contributed by atoms with Gasteiger partial charge in [-0.2, -0.15) is 4.98 Å². The van der Waals surface area contributed by atoms with E-state index in [0.29, 0.717) is 23.8 Å². The van der Waals surface area contributed by atoms with Gasteiger partial charge in [-0.25, -0.2) is 0 Å². The van der Waals surface area contributed by atoms with Gasteiger partial charge >= 0.3 is 0 Å². The van der Waals surface area contributed by atoms with Crippen LogP contribution in [-0.2, 0) is 0 Å². The van der Waals surface area contributed by atoms with Crippen molar-refractivity contribution in [3.05, 3.63) is 11.7 Å².